The van der Waals surface area contributed by atoms with Gasteiger partial charge in [-0.2, -0.15) is 0 Å². The minimum absolute atomic E-state index is 0.121. The van der Waals surface area contributed by atoms with Crippen LogP contribution in [0.25, 0.3) is 0 Å². The molecule has 0 radical (unpaired) electrons. The maximum atomic E-state index is 12.1. The van der Waals surface area contributed by atoms with Crippen molar-refractivity contribution in [3.05, 3.63) is 29.8 Å². The van der Waals surface area contributed by atoms with Crippen LogP contribution in [0.15, 0.2) is 24.3 Å². The van der Waals surface area contributed by atoms with Crippen molar-refractivity contribution < 1.29 is 13.2 Å². The normalized spacial score (nSPS) is 17.0. The van der Waals surface area contributed by atoms with Crippen molar-refractivity contribution in [2.45, 2.75) is 19.3 Å². The molecule has 0 aliphatic carbocycles. The molecule has 2 rings (SSSR count). The first-order chi connectivity index (χ1) is 10.8. The van der Waals surface area contributed by atoms with E-state index < -0.39 is 10.0 Å². The van der Waals surface area contributed by atoms with Gasteiger partial charge in [-0.15, -0.1) is 0 Å². The van der Waals surface area contributed by atoms with Crippen LogP contribution >= 0.6 is 0 Å². The second-order valence-corrected chi connectivity index (χ2v) is 7.99. The lowest BCUT2D eigenvalue weighted by Gasteiger charge is -2.28. The van der Waals surface area contributed by atoms with E-state index in [0.29, 0.717) is 23.7 Å². The van der Waals surface area contributed by atoms with Gasteiger partial charge in [0.25, 0.3) is 5.91 Å². The summed E-state index contributed by atoms with van der Waals surface area (Å²) in [5.74, 6) is 0.566. The second-order valence-electron chi connectivity index (χ2n) is 6.24. The molecule has 0 aromatic heterocycles. The number of benzene rings is 1. The molecule has 1 aromatic carbocycles. The van der Waals surface area contributed by atoms with Gasteiger partial charge in [0.2, 0.25) is 10.0 Å². The molecule has 1 amide bonds. The van der Waals surface area contributed by atoms with E-state index in [4.69, 9.17) is 0 Å². The van der Waals surface area contributed by atoms with E-state index in [9.17, 15) is 13.2 Å². The number of nitrogens with zero attached hydrogens (tertiary/aromatic N) is 1. The van der Waals surface area contributed by atoms with Crippen molar-refractivity contribution in [3.63, 3.8) is 0 Å². The number of nitrogens with one attached hydrogen (secondary N) is 2. The summed E-state index contributed by atoms with van der Waals surface area (Å²) < 4.78 is 24.6. The van der Waals surface area contributed by atoms with Crippen LogP contribution in [0.3, 0.4) is 0 Å². The van der Waals surface area contributed by atoms with Crippen molar-refractivity contribution in [3.8, 4) is 0 Å². The average molecular weight is 339 g/mol. The summed E-state index contributed by atoms with van der Waals surface area (Å²) in [6, 6.07) is 6.43. The Labute approximate surface area is 138 Å². The zero-order valence-electron chi connectivity index (χ0n) is 13.7. The second kappa shape index (κ2) is 7.79. The van der Waals surface area contributed by atoms with Gasteiger partial charge in [0.05, 0.1) is 6.26 Å². The Morgan fingerprint density at radius 2 is 1.83 bits per heavy atom. The van der Waals surface area contributed by atoms with Gasteiger partial charge in [0, 0.05) is 17.8 Å². The molecule has 0 spiro atoms. The van der Waals surface area contributed by atoms with Crippen molar-refractivity contribution in [2.75, 3.05) is 37.7 Å². The molecular weight excluding hydrogens is 314 g/mol. The largest absolute Gasteiger partial charge is 0.352 e. The Bertz CT molecular complexity index is 620. The number of hydrogen-bond acceptors (Lipinski definition) is 4. The first kappa shape index (κ1) is 17.7. The molecule has 1 aromatic rings. The molecule has 0 saturated carbocycles. The lowest BCUT2D eigenvalue weighted by atomic mass is 9.94. The average Bonchev–Trinajstić information content (AvgIpc) is 2.48. The van der Waals surface area contributed by atoms with Gasteiger partial charge in [-0.25, -0.2) is 8.42 Å². The van der Waals surface area contributed by atoms with Crippen LogP contribution in [0, 0.1) is 5.92 Å². The number of rotatable bonds is 6. The molecule has 1 saturated heterocycles. The van der Waals surface area contributed by atoms with E-state index in [1.54, 1.807) is 24.3 Å². The topological polar surface area (TPSA) is 78.5 Å². The molecule has 2 N–H and O–H groups in total. The van der Waals surface area contributed by atoms with Crippen LogP contribution < -0.4 is 10.0 Å². The van der Waals surface area contributed by atoms with Gasteiger partial charge in [0.15, 0.2) is 0 Å². The summed E-state index contributed by atoms with van der Waals surface area (Å²) in [6.45, 7) is 2.94. The van der Waals surface area contributed by atoms with E-state index in [2.05, 4.69) is 22.0 Å². The highest BCUT2D eigenvalue weighted by molar-refractivity contribution is 7.92. The molecule has 1 heterocycles. The molecule has 1 aliphatic heterocycles. The molecular formula is C16H25N3O3S. The lowest BCUT2D eigenvalue weighted by molar-refractivity contribution is 0.0949. The third kappa shape index (κ3) is 6.19. The summed E-state index contributed by atoms with van der Waals surface area (Å²) in [4.78, 5) is 14.4. The highest BCUT2D eigenvalue weighted by Gasteiger charge is 2.16. The number of anilines is 1. The van der Waals surface area contributed by atoms with Crippen LogP contribution in [-0.4, -0.2) is 52.2 Å². The van der Waals surface area contributed by atoms with Crippen molar-refractivity contribution in [1.82, 2.24) is 10.2 Å². The van der Waals surface area contributed by atoms with Gasteiger partial charge in [-0.1, -0.05) is 0 Å². The third-order valence-electron chi connectivity index (χ3n) is 4.13. The van der Waals surface area contributed by atoms with E-state index in [1.165, 1.54) is 12.8 Å². The zero-order valence-corrected chi connectivity index (χ0v) is 14.5. The van der Waals surface area contributed by atoms with E-state index in [1.807, 2.05) is 0 Å². The number of carbonyl (C=O) groups excluding carboxylic acids is 1. The summed E-state index contributed by atoms with van der Waals surface area (Å²) >= 11 is 0. The summed E-state index contributed by atoms with van der Waals surface area (Å²) in [7, 11) is -1.16. The minimum atomic E-state index is -3.29. The molecule has 7 heteroatoms. The van der Waals surface area contributed by atoms with Crippen LogP contribution in [0.4, 0.5) is 5.69 Å². The van der Waals surface area contributed by atoms with Crippen molar-refractivity contribution in [2.24, 2.45) is 5.92 Å². The summed E-state index contributed by atoms with van der Waals surface area (Å²) in [5, 5.41) is 2.93. The molecule has 1 aliphatic rings. The quantitative estimate of drug-likeness (QED) is 0.824. The van der Waals surface area contributed by atoms with Gasteiger partial charge in [-0.3, -0.25) is 9.52 Å². The third-order valence-corrected chi connectivity index (χ3v) is 4.73. The maximum Gasteiger partial charge on any atom is 0.251 e. The number of amides is 1. The van der Waals surface area contributed by atoms with Gasteiger partial charge < -0.3 is 10.2 Å². The van der Waals surface area contributed by atoms with Crippen LogP contribution in [0.5, 0.6) is 0 Å². The monoisotopic (exact) mass is 339 g/mol. The van der Waals surface area contributed by atoms with Gasteiger partial charge >= 0.3 is 0 Å². The highest BCUT2D eigenvalue weighted by Crippen LogP contribution is 2.18. The van der Waals surface area contributed by atoms with Crippen LogP contribution in [-0.2, 0) is 10.0 Å². The first-order valence-electron chi connectivity index (χ1n) is 7.88. The number of sulfonamides is 1. The van der Waals surface area contributed by atoms with Crippen LogP contribution in [0.2, 0.25) is 0 Å². The molecule has 1 fully saturated rings. The predicted molar refractivity (Wildman–Crippen MR) is 92.1 cm³/mol. The van der Waals surface area contributed by atoms with Gasteiger partial charge in [0.1, 0.15) is 0 Å². The Kier molecular flexibility index (Phi) is 6.01. The fraction of sp³-hybridized carbons (Fsp3) is 0.562. The number of carbonyl (C=O) groups is 1. The van der Waals surface area contributed by atoms with Crippen molar-refractivity contribution in [1.29, 1.82) is 0 Å². The maximum absolute atomic E-state index is 12.1. The molecule has 23 heavy (non-hydrogen) atoms. The Hall–Kier alpha value is -1.60. The van der Waals surface area contributed by atoms with E-state index >= 15 is 0 Å². The predicted octanol–water partition coefficient (Wildman–Crippen LogP) is 1.52. The van der Waals surface area contributed by atoms with E-state index in [-0.39, 0.29) is 5.91 Å². The number of likely N-dealkylation sites (tertiary alicyclic amines) is 1. The number of piperidine rings is 1. The molecule has 128 valence electrons. The Morgan fingerprint density at radius 1 is 1.22 bits per heavy atom. The summed E-state index contributed by atoms with van der Waals surface area (Å²) in [6.07, 6.45) is 4.49. The zero-order chi connectivity index (χ0) is 16.9. The van der Waals surface area contributed by atoms with Gasteiger partial charge in [-0.05, 0) is 69.6 Å². The molecule has 0 atom stereocenters. The fourth-order valence-corrected chi connectivity index (χ4v) is 3.31. The Morgan fingerprint density at radius 3 is 2.39 bits per heavy atom. The van der Waals surface area contributed by atoms with E-state index in [0.717, 1.165) is 25.8 Å². The summed E-state index contributed by atoms with van der Waals surface area (Å²) in [5.41, 5.74) is 0.989. The molecule has 0 bridgehead atoms. The molecule has 0 unspecified atom stereocenters. The fourth-order valence-electron chi connectivity index (χ4n) is 2.75. The highest BCUT2D eigenvalue weighted by atomic mass is 32.2. The standard InChI is InChI=1S/C16H25N3O3S/c1-19-11-8-13(9-12-19)7-10-17-16(20)14-3-5-15(6-4-14)18-23(2,21)22/h3-6,13,18H,7-12H2,1-2H3,(H,17,20). The first-order valence-corrected chi connectivity index (χ1v) is 9.77. The molecule has 6 nitrogen and oxygen atoms in total. The van der Waals surface area contributed by atoms with Crippen molar-refractivity contribution >= 4 is 21.6 Å². The SMILES string of the molecule is CN1CCC(CCNC(=O)c2ccc(NS(C)(=O)=O)cc2)CC1. The minimum Gasteiger partial charge on any atom is -0.352 e. The smallest absolute Gasteiger partial charge is 0.251 e. The Balaban J connectivity index is 1.77. The van der Waals surface area contributed by atoms with Crippen LogP contribution in [0.1, 0.15) is 29.6 Å². The number of hydrogen-bond donors (Lipinski definition) is 2. The lowest BCUT2D eigenvalue weighted by Crippen LogP contribution is -2.32.